The Kier molecular flexibility index (Phi) is 11.5. The zero-order chi connectivity index (χ0) is 11.4. The Labute approximate surface area is 164 Å². The van der Waals surface area contributed by atoms with Crippen LogP contribution < -0.4 is 68.9 Å². The summed E-state index contributed by atoms with van der Waals surface area (Å²) >= 11 is 0. The molecular formula is C12H14N2ORbRe-. The number of aromatic nitrogens is 2. The molecule has 0 bridgehead atoms. The van der Waals surface area contributed by atoms with Crippen LogP contribution in [0.4, 0.5) is 0 Å². The molecule has 0 atom stereocenters. The molecule has 1 aromatic carbocycles. The zero-order valence-electron chi connectivity index (χ0n) is 10.8. The average Bonchev–Trinajstić information content (AvgIpc) is 2.22. The van der Waals surface area contributed by atoms with E-state index in [1.54, 1.807) is 6.07 Å². The van der Waals surface area contributed by atoms with Gasteiger partial charge in [-0.15, -0.1) is 10.9 Å². The minimum absolute atomic E-state index is 0. The van der Waals surface area contributed by atoms with Crippen LogP contribution in [0.3, 0.4) is 0 Å². The molecule has 0 saturated heterocycles. The van der Waals surface area contributed by atoms with E-state index >= 15 is 0 Å². The van der Waals surface area contributed by atoms with Crippen molar-refractivity contribution in [2.24, 2.45) is 0 Å². The number of fused-ring (bicyclic) bond motifs is 1. The van der Waals surface area contributed by atoms with E-state index in [9.17, 15) is 4.79 Å². The van der Waals surface area contributed by atoms with Gasteiger partial charge in [0.25, 0.3) is 0 Å². The second-order valence-electron chi connectivity index (χ2n) is 3.01. The van der Waals surface area contributed by atoms with Crippen LogP contribution in [0, 0.1) is 19.9 Å². The molecule has 5 heteroatoms. The van der Waals surface area contributed by atoms with Crippen molar-refractivity contribution >= 4 is 10.9 Å². The van der Waals surface area contributed by atoms with Gasteiger partial charge in [-0.1, -0.05) is 26.5 Å². The number of nitrogens with zero attached hydrogens (tertiary/aromatic N) is 2. The summed E-state index contributed by atoms with van der Waals surface area (Å²) in [7, 11) is 0. The molecule has 0 fully saturated rings. The molecule has 0 aliphatic carbocycles. The predicted octanol–water partition coefficient (Wildman–Crippen LogP) is -1.00. The van der Waals surface area contributed by atoms with Gasteiger partial charge in [0, 0.05) is 20.4 Å². The molecule has 3 nitrogen and oxygen atoms in total. The number of hydrogen-bond donors (Lipinski definition) is 0. The summed E-state index contributed by atoms with van der Waals surface area (Å²) in [5.74, 6) is 0. The molecule has 0 aliphatic heterocycles. The fourth-order valence-corrected chi connectivity index (χ4v) is 1.31. The molecule has 1 radical (unpaired) electrons. The Morgan fingerprint density at radius 3 is 2.47 bits per heavy atom. The molecule has 0 N–H and O–H groups in total. The van der Waals surface area contributed by atoms with Gasteiger partial charge < -0.3 is 9.97 Å². The predicted molar refractivity (Wildman–Crippen MR) is 61.0 cm³/mol. The summed E-state index contributed by atoms with van der Waals surface area (Å²) in [6.45, 7) is 7.76. The van der Waals surface area contributed by atoms with Crippen LogP contribution in [0.25, 0.3) is 10.9 Å². The standard InChI is InChI=1S/C10H9N2O.C2H6.Rb.Re/c1-6-3-4-9-8(5-6)7(2)11-10(13)12-9;1-2;;/h4-5H,1-2H3,(H,11,12,13);1-2H3;;/q-1;;+1;/p-1. The maximum Gasteiger partial charge on any atom is 1.00 e. The quantitative estimate of drug-likeness (QED) is 0.461. The third-order valence-electron chi connectivity index (χ3n) is 1.94. The van der Waals surface area contributed by atoms with Crippen molar-refractivity contribution in [3.63, 3.8) is 0 Å². The van der Waals surface area contributed by atoms with Crippen molar-refractivity contribution in [2.75, 3.05) is 0 Å². The van der Waals surface area contributed by atoms with Gasteiger partial charge in [0.2, 0.25) is 0 Å². The molecular weight excluding hydrogens is 460 g/mol. The van der Waals surface area contributed by atoms with Crippen LogP contribution in [0.15, 0.2) is 16.9 Å². The van der Waals surface area contributed by atoms with Crippen molar-refractivity contribution < 1.29 is 78.6 Å². The van der Waals surface area contributed by atoms with Gasteiger partial charge >= 0.3 is 58.2 Å². The van der Waals surface area contributed by atoms with Gasteiger partial charge in [0.05, 0.1) is 0 Å². The van der Waals surface area contributed by atoms with Crippen LogP contribution in [0.5, 0.6) is 0 Å². The minimum Gasteiger partial charge on any atom is -0.463 e. The maximum atomic E-state index is 11.0. The van der Waals surface area contributed by atoms with E-state index in [-0.39, 0.29) is 78.6 Å². The minimum atomic E-state index is -0.428. The normalized spacial score (nSPS) is 8.47. The van der Waals surface area contributed by atoms with Crippen molar-refractivity contribution in [3.05, 3.63) is 39.9 Å². The monoisotopic (exact) mass is 474 g/mol. The molecule has 2 aromatic rings. The van der Waals surface area contributed by atoms with Crippen LogP contribution in [0.2, 0.25) is 0 Å². The smallest absolute Gasteiger partial charge is 0.463 e. The molecule has 0 unspecified atom stereocenters. The zero-order valence-corrected chi connectivity index (χ0v) is 18.5. The van der Waals surface area contributed by atoms with Crippen LogP contribution >= 0.6 is 0 Å². The molecule has 0 saturated carbocycles. The Morgan fingerprint density at radius 1 is 1.29 bits per heavy atom. The van der Waals surface area contributed by atoms with E-state index in [1.807, 2.05) is 33.8 Å². The first-order chi connectivity index (χ1) is 7.16. The van der Waals surface area contributed by atoms with Gasteiger partial charge in [-0.3, -0.25) is 4.79 Å². The molecule has 87 valence electrons. The molecule has 0 amide bonds. The fourth-order valence-electron chi connectivity index (χ4n) is 1.31. The topological polar surface area (TPSA) is 44.1 Å². The fraction of sp³-hybridized carbons (Fsp3) is 0.333. The number of aryl methyl sites for hydroxylation is 2. The van der Waals surface area contributed by atoms with Crippen molar-refractivity contribution in [2.45, 2.75) is 27.7 Å². The molecule has 1 heterocycles. The maximum absolute atomic E-state index is 11.0. The van der Waals surface area contributed by atoms with E-state index in [1.165, 1.54) is 0 Å². The third-order valence-corrected chi connectivity index (χ3v) is 1.94. The van der Waals surface area contributed by atoms with Crippen molar-refractivity contribution in [1.29, 1.82) is 0 Å². The molecule has 0 spiro atoms. The number of hydrogen-bond acceptors (Lipinski definition) is 2. The average molecular weight is 474 g/mol. The first kappa shape index (κ1) is 20.2. The van der Waals surface area contributed by atoms with E-state index in [2.05, 4.69) is 16.0 Å². The second kappa shape index (κ2) is 9.72. The molecule has 2 rings (SSSR count). The number of benzene rings is 1. The SMILES string of the molecule is CC.Cc1[c-]cc2[n-]c(=O)nc(C)c2c1.[Rb+].[Re]. The first-order valence-corrected chi connectivity index (χ1v) is 5.00. The first-order valence-electron chi connectivity index (χ1n) is 5.00. The van der Waals surface area contributed by atoms with Gasteiger partial charge in [0.1, 0.15) is 0 Å². The van der Waals surface area contributed by atoms with Gasteiger partial charge in [0.15, 0.2) is 5.69 Å². The van der Waals surface area contributed by atoms with E-state index in [0.29, 0.717) is 5.52 Å². The van der Waals surface area contributed by atoms with E-state index in [0.717, 1.165) is 16.6 Å². The summed E-state index contributed by atoms with van der Waals surface area (Å²) in [5, 5.41) is 0.927. The Hall–Kier alpha value is 0.828. The molecule has 1 aromatic heterocycles. The van der Waals surface area contributed by atoms with E-state index in [4.69, 9.17) is 0 Å². The Morgan fingerprint density at radius 2 is 1.88 bits per heavy atom. The van der Waals surface area contributed by atoms with Crippen LogP contribution in [-0.4, -0.2) is 4.98 Å². The van der Waals surface area contributed by atoms with Crippen LogP contribution in [-0.2, 0) is 20.4 Å². The number of rotatable bonds is 0. The van der Waals surface area contributed by atoms with Crippen molar-refractivity contribution in [1.82, 2.24) is 9.97 Å². The summed E-state index contributed by atoms with van der Waals surface area (Å²) in [6.07, 6.45) is 0. The summed E-state index contributed by atoms with van der Waals surface area (Å²) in [5.41, 5.74) is 2.00. The largest absolute Gasteiger partial charge is 1.00 e. The van der Waals surface area contributed by atoms with Gasteiger partial charge in [-0.2, -0.15) is 23.8 Å². The Bertz CT molecular complexity index is 525. The third kappa shape index (κ3) is 5.55. The van der Waals surface area contributed by atoms with Gasteiger partial charge in [-0.05, 0) is 6.92 Å². The van der Waals surface area contributed by atoms with Gasteiger partial charge in [-0.25, -0.2) is 0 Å². The summed E-state index contributed by atoms with van der Waals surface area (Å²) in [4.78, 5) is 18.5. The molecule has 17 heavy (non-hydrogen) atoms. The van der Waals surface area contributed by atoms with Crippen molar-refractivity contribution in [3.8, 4) is 0 Å². The summed E-state index contributed by atoms with van der Waals surface area (Å²) < 4.78 is 0. The second-order valence-corrected chi connectivity index (χ2v) is 3.01. The van der Waals surface area contributed by atoms with Crippen LogP contribution in [0.1, 0.15) is 25.1 Å². The molecule has 0 aliphatic rings. The summed E-state index contributed by atoms with van der Waals surface area (Å²) in [6, 6.07) is 6.66. The Balaban J connectivity index is 0. The van der Waals surface area contributed by atoms with E-state index < -0.39 is 5.69 Å².